The number of nitrogens with one attached hydrogen (secondary N) is 1. The molecule has 1 aliphatic heterocycles. The molecule has 8 nitrogen and oxygen atoms in total. The number of sulfonamides is 1. The average molecular weight is 540 g/mol. The molecule has 2 aromatic carbocycles. The highest BCUT2D eigenvalue weighted by atomic mass is 35.5. The summed E-state index contributed by atoms with van der Waals surface area (Å²) >= 11 is 12.6. The molecule has 3 rings (SSSR count). The van der Waals surface area contributed by atoms with Crippen molar-refractivity contribution in [2.24, 2.45) is 0 Å². The van der Waals surface area contributed by atoms with Gasteiger partial charge in [-0.3, -0.25) is 14.4 Å². The number of benzene rings is 2. The lowest BCUT2D eigenvalue weighted by molar-refractivity contribution is -0.141. The minimum absolute atomic E-state index is 0.0533. The minimum atomic E-state index is -4.06. The van der Waals surface area contributed by atoms with E-state index in [1.165, 1.54) is 23.1 Å². The van der Waals surface area contributed by atoms with Crippen molar-refractivity contribution in [3.63, 3.8) is 0 Å². The fourth-order valence-electron chi connectivity index (χ4n) is 3.95. The molecular formula is C24H27Cl2N3O5S. The number of fused-ring (bicyclic) bond motifs is 1. The Labute approximate surface area is 215 Å². The summed E-state index contributed by atoms with van der Waals surface area (Å²) in [5.74, 6) is -1.54. The van der Waals surface area contributed by atoms with Gasteiger partial charge in [0.25, 0.3) is 15.9 Å². The lowest BCUT2D eigenvalue weighted by Crippen LogP contribution is -2.51. The van der Waals surface area contributed by atoms with Crippen LogP contribution in [-0.2, 0) is 26.2 Å². The average Bonchev–Trinajstić information content (AvgIpc) is 2.98. The Bertz CT molecular complexity index is 1230. The number of amides is 3. The van der Waals surface area contributed by atoms with E-state index in [1.807, 2.05) is 13.8 Å². The molecule has 0 saturated heterocycles. The molecule has 0 bridgehead atoms. The van der Waals surface area contributed by atoms with Crippen molar-refractivity contribution in [3.8, 4) is 0 Å². The second-order valence-corrected chi connectivity index (χ2v) is 11.1. The van der Waals surface area contributed by atoms with Crippen LogP contribution in [-0.4, -0.2) is 54.0 Å². The Morgan fingerprint density at radius 2 is 1.69 bits per heavy atom. The predicted octanol–water partition coefficient (Wildman–Crippen LogP) is 3.86. The van der Waals surface area contributed by atoms with E-state index >= 15 is 0 Å². The van der Waals surface area contributed by atoms with E-state index in [9.17, 15) is 22.8 Å². The van der Waals surface area contributed by atoms with Crippen molar-refractivity contribution in [2.75, 3.05) is 6.54 Å². The van der Waals surface area contributed by atoms with E-state index in [2.05, 4.69) is 5.32 Å². The topological polar surface area (TPSA) is 104 Å². The Balaban J connectivity index is 1.88. The molecule has 1 aliphatic rings. The van der Waals surface area contributed by atoms with Crippen molar-refractivity contribution in [1.82, 2.24) is 14.5 Å². The van der Waals surface area contributed by atoms with Crippen LogP contribution in [0.5, 0.6) is 0 Å². The number of rotatable bonds is 9. The predicted molar refractivity (Wildman–Crippen MR) is 134 cm³/mol. The maximum Gasteiger partial charge on any atom is 0.269 e. The lowest BCUT2D eigenvalue weighted by atomic mass is 10.1. The summed E-state index contributed by atoms with van der Waals surface area (Å²) in [6, 6.07) is 9.85. The molecule has 188 valence electrons. The summed E-state index contributed by atoms with van der Waals surface area (Å²) in [6.07, 6.45) is -0.00869. The summed E-state index contributed by atoms with van der Waals surface area (Å²) in [4.78, 5) is 40.3. The van der Waals surface area contributed by atoms with Crippen LogP contribution in [0.4, 0.5) is 0 Å². The normalized spacial score (nSPS) is 15.1. The van der Waals surface area contributed by atoms with Crippen LogP contribution >= 0.6 is 23.2 Å². The molecule has 0 aliphatic carbocycles. The first-order valence-electron chi connectivity index (χ1n) is 11.2. The molecule has 2 aromatic rings. The first kappa shape index (κ1) is 27.0. The Morgan fingerprint density at radius 1 is 1.06 bits per heavy atom. The van der Waals surface area contributed by atoms with Gasteiger partial charge in [-0.15, -0.1) is 0 Å². The number of carbonyl (C=O) groups excluding carboxylic acids is 3. The number of halogens is 2. The molecule has 0 fully saturated rings. The van der Waals surface area contributed by atoms with Crippen LogP contribution in [0.3, 0.4) is 0 Å². The highest BCUT2D eigenvalue weighted by Crippen LogP contribution is 2.31. The monoisotopic (exact) mass is 539 g/mol. The number of hydrogen-bond acceptors (Lipinski definition) is 5. The summed E-state index contributed by atoms with van der Waals surface area (Å²) in [6.45, 7) is 4.97. The van der Waals surface area contributed by atoms with Crippen LogP contribution in [0.15, 0.2) is 47.4 Å². The van der Waals surface area contributed by atoms with Crippen LogP contribution in [0.2, 0.25) is 10.0 Å². The number of nitrogens with zero attached hydrogens (tertiary/aromatic N) is 2. The van der Waals surface area contributed by atoms with Crippen molar-refractivity contribution < 1.29 is 22.8 Å². The maximum absolute atomic E-state index is 13.4. The molecule has 11 heteroatoms. The van der Waals surface area contributed by atoms with Gasteiger partial charge < -0.3 is 10.2 Å². The molecular weight excluding hydrogens is 513 g/mol. The lowest BCUT2D eigenvalue weighted by Gasteiger charge is -2.32. The Hall–Kier alpha value is -2.62. The Kier molecular flexibility index (Phi) is 8.46. The quantitative estimate of drug-likeness (QED) is 0.520. The fourth-order valence-corrected chi connectivity index (χ4v) is 6.03. The smallest absolute Gasteiger partial charge is 0.269 e. The molecule has 0 aromatic heterocycles. The largest absolute Gasteiger partial charge is 0.352 e. The zero-order chi connectivity index (χ0) is 25.9. The van der Waals surface area contributed by atoms with Crippen molar-refractivity contribution in [1.29, 1.82) is 0 Å². The molecule has 0 spiro atoms. The van der Waals surface area contributed by atoms with Crippen LogP contribution in [0, 0.1) is 0 Å². The SMILES string of the molecule is CC[C@H](C(=O)NC(C)C)N(Cc1c(Cl)cccc1Cl)C(=O)CCN1C(=O)c2ccccc2S1(=O)=O. The summed E-state index contributed by atoms with van der Waals surface area (Å²) < 4.78 is 26.4. The molecule has 0 radical (unpaired) electrons. The maximum atomic E-state index is 13.4. The summed E-state index contributed by atoms with van der Waals surface area (Å²) in [5, 5.41) is 3.48. The van der Waals surface area contributed by atoms with Gasteiger partial charge in [-0.1, -0.05) is 48.3 Å². The van der Waals surface area contributed by atoms with Gasteiger partial charge in [0.1, 0.15) is 10.9 Å². The third-order valence-corrected chi connectivity index (χ3v) is 8.20. The van der Waals surface area contributed by atoms with Gasteiger partial charge in [-0.2, -0.15) is 0 Å². The van der Waals surface area contributed by atoms with E-state index in [0.29, 0.717) is 26.3 Å². The van der Waals surface area contributed by atoms with E-state index in [4.69, 9.17) is 23.2 Å². The fraction of sp³-hybridized carbons (Fsp3) is 0.375. The molecule has 3 amide bonds. The van der Waals surface area contributed by atoms with Gasteiger partial charge >= 0.3 is 0 Å². The van der Waals surface area contributed by atoms with Gasteiger partial charge in [-0.25, -0.2) is 12.7 Å². The van der Waals surface area contributed by atoms with Gasteiger partial charge in [0.15, 0.2) is 0 Å². The zero-order valence-electron chi connectivity index (χ0n) is 19.6. The summed E-state index contributed by atoms with van der Waals surface area (Å²) in [7, 11) is -4.06. The first-order valence-corrected chi connectivity index (χ1v) is 13.4. The van der Waals surface area contributed by atoms with Gasteiger partial charge in [0.2, 0.25) is 11.8 Å². The molecule has 0 saturated carbocycles. The second kappa shape index (κ2) is 11.0. The van der Waals surface area contributed by atoms with Crippen LogP contribution in [0.1, 0.15) is 49.5 Å². The van der Waals surface area contributed by atoms with Crippen molar-refractivity contribution >= 4 is 50.9 Å². The van der Waals surface area contributed by atoms with Crippen molar-refractivity contribution in [3.05, 3.63) is 63.6 Å². The second-order valence-electron chi connectivity index (χ2n) is 8.44. The third kappa shape index (κ3) is 5.63. The van der Waals surface area contributed by atoms with E-state index in [0.717, 1.165) is 0 Å². The van der Waals surface area contributed by atoms with Crippen LogP contribution in [0.25, 0.3) is 0 Å². The van der Waals surface area contributed by atoms with Crippen LogP contribution < -0.4 is 5.32 Å². The standard InChI is InChI=1S/C24H27Cl2N3O5S/c1-4-20(23(31)27-15(2)3)28(14-17-18(25)9-7-10-19(17)26)22(30)12-13-29-24(32)16-8-5-6-11-21(16)35(29,33)34/h5-11,15,20H,4,12-14H2,1-3H3,(H,27,31)/t20-/m1/s1. The third-order valence-electron chi connectivity index (χ3n) is 5.65. The highest BCUT2D eigenvalue weighted by Gasteiger charge is 2.41. The summed E-state index contributed by atoms with van der Waals surface area (Å²) in [5.41, 5.74) is 0.541. The van der Waals surface area contributed by atoms with E-state index in [-0.39, 0.29) is 41.9 Å². The highest BCUT2D eigenvalue weighted by molar-refractivity contribution is 7.90. The molecule has 1 N–H and O–H groups in total. The molecule has 1 atom stereocenters. The number of hydrogen-bond donors (Lipinski definition) is 1. The van der Waals surface area contributed by atoms with E-state index in [1.54, 1.807) is 31.2 Å². The van der Waals surface area contributed by atoms with Gasteiger partial charge in [0.05, 0.1) is 5.56 Å². The molecule has 1 heterocycles. The van der Waals surface area contributed by atoms with Crippen molar-refractivity contribution in [2.45, 2.75) is 57.1 Å². The minimum Gasteiger partial charge on any atom is -0.352 e. The van der Waals surface area contributed by atoms with Gasteiger partial charge in [0, 0.05) is 41.2 Å². The van der Waals surface area contributed by atoms with E-state index < -0.39 is 27.9 Å². The molecule has 0 unspecified atom stereocenters. The Morgan fingerprint density at radius 3 is 2.26 bits per heavy atom. The molecule has 35 heavy (non-hydrogen) atoms. The number of carbonyl (C=O) groups is 3. The first-order chi connectivity index (χ1) is 16.5. The van der Waals surface area contributed by atoms with Gasteiger partial charge in [-0.05, 0) is 44.5 Å². The zero-order valence-corrected chi connectivity index (χ0v) is 22.0.